The normalized spacial score (nSPS) is 11.3. The van der Waals surface area contributed by atoms with Crippen LogP contribution in [-0.4, -0.2) is 9.78 Å². The second kappa shape index (κ2) is 5.38. The summed E-state index contributed by atoms with van der Waals surface area (Å²) in [5, 5.41) is 14.0. The highest BCUT2D eigenvalue weighted by atomic mass is 79.9. The molecule has 0 radical (unpaired) electrons. The van der Waals surface area contributed by atoms with E-state index in [9.17, 15) is 5.26 Å². The van der Waals surface area contributed by atoms with Crippen LogP contribution in [0.5, 0.6) is 0 Å². The number of benzene rings is 1. The molecule has 1 aromatic heterocycles. The molecular formula is C13H9BrClN3. The topological polar surface area (TPSA) is 41.6 Å². The summed E-state index contributed by atoms with van der Waals surface area (Å²) < 4.78 is 2.55. The van der Waals surface area contributed by atoms with Crippen molar-refractivity contribution < 1.29 is 0 Å². The molecule has 0 unspecified atom stereocenters. The molecule has 0 N–H and O–H groups in total. The number of nitriles is 1. The Kier molecular flexibility index (Phi) is 3.85. The maximum atomic E-state index is 9.24. The second-order valence-electron chi connectivity index (χ2n) is 3.68. The van der Waals surface area contributed by atoms with Crippen molar-refractivity contribution in [2.45, 2.75) is 0 Å². The number of rotatable bonds is 2. The zero-order valence-corrected chi connectivity index (χ0v) is 11.9. The van der Waals surface area contributed by atoms with Crippen molar-refractivity contribution in [3.05, 3.63) is 51.2 Å². The van der Waals surface area contributed by atoms with Crippen molar-refractivity contribution in [2.24, 2.45) is 7.05 Å². The Morgan fingerprint density at radius 1 is 1.56 bits per heavy atom. The van der Waals surface area contributed by atoms with E-state index < -0.39 is 0 Å². The fourth-order valence-corrected chi connectivity index (χ4v) is 2.21. The monoisotopic (exact) mass is 321 g/mol. The van der Waals surface area contributed by atoms with Crippen LogP contribution in [0.15, 0.2) is 34.9 Å². The van der Waals surface area contributed by atoms with Gasteiger partial charge in [0.25, 0.3) is 0 Å². The predicted octanol–water partition coefficient (Wildman–Crippen LogP) is 3.90. The first-order valence-corrected chi connectivity index (χ1v) is 6.34. The minimum atomic E-state index is 0.543. The summed E-state index contributed by atoms with van der Waals surface area (Å²) >= 11 is 9.33. The molecule has 1 heterocycles. The molecule has 0 fully saturated rings. The molecule has 1 aromatic carbocycles. The van der Waals surface area contributed by atoms with E-state index in [1.165, 1.54) is 0 Å². The summed E-state index contributed by atoms with van der Waals surface area (Å²) in [6.07, 6.45) is 3.47. The van der Waals surface area contributed by atoms with Gasteiger partial charge in [-0.25, -0.2) is 0 Å². The van der Waals surface area contributed by atoms with Crippen molar-refractivity contribution >= 4 is 39.2 Å². The summed E-state index contributed by atoms with van der Waals surface area (Å²) in [5.41, 5.74) is 2.17. The first kappa shape index (κ1) is 12.9. The quantitative estimate of drug-likeness (QED) is 0.787. The largest absolute Gasteiger partial charge is 0.267 e. The summed E-state index contributed by atoms with van der Waals surface area (Å²) in [5.74, 6) is 0. The number of aromatic nitrogens is 2. The van der Waals surface area contributed by atoms with E-state index in [1.807, 2.05) is 19.2 Å². The van der Waals surface area contributed by atoms with Gasteiger partial charge >= 0.3 is 0 Å². The lowest BCUT2D eigenvalue weighted by Crippen LogP contribution is -1.93. The maximum Gasteiger partial charge on any atom is 0.0998 e. The fraction of sp³-hybridized carbons (Fsp3) is 0.0769. The zero-order chi connectivity index (χ0) is 13.1. The van der Waals surface area contributed by atoms with Gasteiger partial charge < -0.3 is 0 Å². The SMILES string of the molecule is Cn1ncc(Br)c1/C=C(\C#N)c1cccc(Cl)c1. The smallest absolute Gasteiger partial charge is 0.0998 e. The lowest BCUT2D eigenvalue weighted by molar-refractivity contribution is 0.759. The van der Waals surface area contributed by atoms with Crippen LogP contribution in [0.1, 0.15) is 11.3 Å². The standard InChI is InChI=1S/C13H9BrClN3/c1-18-13(12(14)8-17-18)6-10(7-16)9-3-2-4-11(15)5-9/h2-6,8H,1H3/b10-6+. The third-order valence-corrected chi connectivity index (χ3v) is 3.32. The summed E-state index contributed by atoms with van der Waals surface area (Å²) in [6, 6.07) is 9.39. The molecule has 0 amide bonds. The maximum absolute atomic E-state index is 9.24. The third-order valence-electron chi connectivity index (χ3n) is 2.47. The number of hydrogen-bond donors (Lipinski definition) is 0. The highest BCUT2D eigenvalue weighted by Gasteiger charge is 2.07. The molecule has 0 saturated carbocycles. The van der Waals surface area contributed by atoms with Crippen molar-refractivity contribution in [3.8, 4) is 6.07 Å². The van der Waals surface area contributed by atoms with Crippen molar-refractivity contribution in [1.82, 2.24) is 9.78 Å². The molecule has 0 spiro atoms. The van der Waals surface area contributed by atoms with Gasteiger partial charge in [0.15, 0.2) is 0 Å². The van der Waals surface area contributed by atoms with E-state index >= 15 is 0 Å². The lowest BCUT2D eigenvalue weighted by Gasteiger charge is -2.01. The Morgan fingerprint density at radius 2 is 2.33 bits per heavy atom. The van der Waals surface area contributed by atoms with Crippen LogP contribution >= 0.6 is 27.5 Å². The molecule has 0 aliphatic heterocycles. The number of hydrogen-bond acceptors (Lipinski definition) is 2. The number of allylic oxidation sites excluding steroid dienone is 1. The molecule has 2 aromatic rings. The summed E-state index contributed by atoms with van der Waals surface area (Å²) in [6.45, 7) is 0. The molecular weight excluding hydrogens is 314 g/mol. The Balaban J connectivity index is 2.51. The van der Waals surface area contributed by atoms with Crippen LogP contribution in [0, 0.1) is 11.3 Å². The molecule has 3 nitrogen and oxygen atoms in total. The predicted molar refractivity (Wildman–Crippen MR) is 75.8 cm³/mol. The van der Waals surface area contributed by atoms with Crippen LogP contribution in [0.4, 0.5) is 0 Å². The molecule has 0 aliphatic carbocycles. The van der Waals surface area contributed by atoms with E-state index in [0.29, 0.717) is 10.6 Å². The highest BCUT2D eigenvalue weighted by Crippen LogP contribution is 2.24. The Morgan fingerprint density at radius 3 is 2.89 bits per heavy atom. The molecule has 0 saturated heterocycles. The van der Waals surface area contributed by atoms with Crippen molar-refractivity contribution in [1.29, 1.82) is 5.26 Å². The fourth-order valence-electron chi connectivity index (χ4n) is 1.56. The van der Waals surface area contributed by atoms with Gasteiger partial charge in [-0.1, -0.05) is 23.7 Å². The second-order valence-corrected chi connectivity index (χ2v) is 4.97. The first-order chi connectivity index (χ1) is 8.61. The zero-order valence-electron chi connectivity index (χ0n) is 9.56. The van der Waals surface area contributed by atoms with E-state index in [4.69, 9.17) is 11.6 Å². The molecule has 90 valence electrons. The van der Waals surface area contributed by atoms with E-state index in [1.54, 1.807) is 29.1 Å². The van der Waals surface area contributed by atoms with Gasteiger partial charge in [0.2, 0.25) is 0 Å². The minimum absolute atomic E-state index is 0.543. The first-order valence-electron chi connectivity index (χ1n) is 5.17. The van der Waals surface area contributed by atoms with Gasteiger partial charge in [0.05, 0.1) is 28.0 Å². The number of nitrogens with zero attached hydrogens (tertiary/aromatic N) is 3. The Bertz CT molecular complexity index is 633. The number of halogens is 2. The Labute approximate surface area is 118 Å². The van der Waals surface area contributed by atoms with Crippen molar-refractivity contribution in [2.75, 3.05) is 0 Å². The van der Waals surface area contributed by atoms with Crippen LogP contribution in [-0.2, 0) is 7.05 Å². The highest BCUT2D eigenvalue weighted by molar-refractivity contribution is 9.10. The summed E-state index contributed by atoms with van der Waals surface area (Å²) in [7, 11) is 1.82. The van der Waals surface area contributed by atoms with Gasteiger partial charge in [-0.15, -0.1) is 0 Å². The third kappa shape index (κ3) is 2.63. The number of aryl methyl sites for hydroxylation is 1. The molecule has 0 bridgehead atoms. The van der Waals surface area contributed by atoms with E-state index in [-0.39, 0.29) is 0 Å². The average molecular weight is 323 g/mol. The minimum Gasteiger partial charge on any atom is -0.267 e. The lowest BCUT2D eigenvalue weighted by atomic mass is 10.1. The van der Waals surface area contributed by atoms with Gasteiger partial charge in [-0.3, -0.25) is 4.68 Å². The summed E-state index contributed by atoms with van der Waals surface area (Å²) in [4.78, 5) is 0. The van der Waals surface area contributed by atoms with Gasteiger partial charge in [-0.2, -0.15) is 10.4 Å². The average Bonchev–Trinajstić information content (AvgIpc) is 2.66. The van der Waals surface area contributed by atoms with Crippen LogP contribution in [0.25, 0.3) is 11.6 Å². The molecule has 2 rings (SSSR count). The molecule has 5 heteroatoms. The Hall–Kier alpha value is -1.57. The van der Waals surface area contributed by atoms with E-state index in [2.05, 4.69) is 27.1 Å². The molecule has 18 heavy (non-hydrogen) atoms. The van der Waals surface area contributed by atoms with Crippen LogP contribution in [0.3, 0.4) is 0 Å². The molecule has 0 atom stereocenters. The van der Waals surface area contributed by atoms with Gasteiger partial charge in [0.1, 0.15) is 0 Å². The van der Waals surface area contributed by atoms with Gasteiger partial charge in [-0.05, 0) is 39.7 Å². The van der Waals surface area contributed by atoms with Crippen LogP contribution in [0.2, 0.25) is 5.02 Å². The van der Waals surface area contributed by atoms with Crippen LogP contribution < -0.4 is 0 Å². The van der Waals surface area contributed by atoms with E-state index in [0.717, 1.165) is 15.7 Å². The van der Waals surface area contributed by atoms with Crippen molar-refractivity contribution in [3.63, 3.8) is 0 Å². The molecule has 0 aliphatic rings. The van der Waals surface area contributed by atoms with Gasteiger partial charge in [0, 0.05) is 12.1 Å².